The Kier molecular flexibility index (Phi) is 8.18. The highest BCUT2D eigenvalue weighted by atomic mass is 19.4. The van der Waals surface area contributed by atoms with E-state index in [-0.39, 0.29) is 6.42 Å². The molecular formula is C27H24F6N4O5. The van der Waals surface area contributed by atoms with E-state index in [1.807, 2.05) is 0 Å². The molecule has 0 aliphatic carbocycles. The van der Waals surface area contributed by atoms with Gasteiger partial charge in [0.25, 0.3) is 11.8 Å². The predicted molar refractivity (Wildman–Crippen MR) is 134 cm³/mol. The number of halogens is 6. The number of hydrogen-bond acceptors (Lipinski definition) is 7. The zero-order valence-corrected chi connectivity index (χ0v) is 22.1. The molecule has 2 aromatic heterocycles. The van der Waals surface area contributed by atoms with Gasteiger partial charge in [-0.2, -0.15) is 26.3 Å². The molecule has 3 aromatic rings. The topological polar surface area (TPSA) is 127 Å². The first-order chi connectivity index (χ1) is 19.5. The lowest BCUT2D eigenvalue weighted by Gasteiger charge is -2.32. The number of Topliss-reactive ketones (excluding diaryl/α,β-unsaturated/α-hetero) is 1. The molecule has 2 N–H and O–H groups in total. The van der Waals surface area contributed by atoms with E-state index in [1.165, 1.54) is 6.08 Å². The lowest BCUT2D eigenvalue weighted by atomic mass is 9.82. The average molecular weight is 599 g/mol. The van der Waals surface area contributed by atoms with Crippen LogP contribution in [0.5, 0.6) is 0 Å². The predicted octanol–water partition coefficient (Wildman–Crippen LogP) is 7.16. The van der Waals surface area contributed by atoms with E-state index in [2.05, 4.69) is 15.2 Å². The van der Waals surface area contributed by atoms with Crippen LogP contribution in [0.1, 0.15) is 60.6 Å². The Morgan fingerprint density at radius 1 is 1.05 bits per heavy atom. The fourth-order valence-electron chi connectivity index (χ4n) is 4.35. The van der Waals surface area contributed by atoms with Crippen LogP contribution >= 0.6 is 0 Å². The van der Waals surface area contributed by atoms with Crippen molar-refractivity contribution in [3.63, 3.8) is 0 Å². The minimum Gasteiger partial charge on any atom is -0.465 e. The maximum Gasteiger partial charge on any atom is 0.426 e. The summed E-state index contributed by atoms with van der Waals surface area (Å²) in [5, 5.41) is 18.0. The maximum absolute atomic E-state index is 14.8. The van der Waals surface area contributed by atoms with Crippen LogP contribution in [0, 0.1) is 5.41 Å². The molecule has 42 heavy (non-hydrogen) atoms. The van der Waals surface area contributed by atoms with Gasteiger partial charge in [-0.1, -0.05) is 56.3 Å². The summed E-state index contributed by atoms with van der Waals surface area (Å²) in [7, 11) is 0. The first kappa shape index (κ1) is 30.7. The molecule has 0 fully saturated rings. The molecule has 0 saturated carbocycles. The number of ether oxygens (including phenoxy) is 1. The summed E-state index contributed by atoms with van der Waals surface area (Å²) in [5.41, 5.74) is -8.04. The Bertz CT molecular complexity index is 1500. The van der Waals surface area contributed by atoms with Gasteiger partial charge in [-0.3, -0.25) is 10.1 Å². The number of aromatic nitrogens is 3. The molecule has 0 spiro atoms. The van der Waals surface area contributed by atoms with Crippen LogP contribution in [0.15, 0.2) is 53.0 Å². The first-order valence-electron chi connectivity index (χ1n) is 12.4. The Morgan fingerprint density at radius 2 is 1.71 bits per heavy atom. The minimum atomic E-state index is -5.14. The molecule has 15 heteroatoms. The van der Waals surface area contributed by atoms with Crippen LogP contribution in [0.2, 0.25) is 0 Å². The number of nitrogens with one attached hydrogen (secondary N) is 1. The summed E-state index contributed by atoms with van der Waals surface area (Å²) in [6.07, 6.45) is -10.9. The van der Waals surface area contributed by atoms with Gasteiger partial charge in [0.2, 0.25) is 5.60 Å². The SMILES string of the molecule is CC1(C)CC=CC[C@](OCc2ccccc2)(C(F)(F)F)c2nnc(o2)-c2nc(c(C(F)(F)F)cc2NC(=O)O)C(=O)C1. The standard InChI is InChI=1S/C27H24F6N4O5/c1-24(2)10-6-7-11-25(27(31,32)33,41-14-15-8-4-3-5-9-15)22-37-36-21(42-22)20-17(34-23(39)40)12-16(26(28,29)30)19(35-20)18(38)13-24/h3-9,12,34H,10-11,13-14H2,1-2H3,(H,39,40)/t25-/m1/s1. The molecule has 1 aromatic carbocycles. The first-order valence-corrected chi connectivity index (χ1v) is 12.4. The van der Waals surface area contributed by atoms with Crippen molar-refractivity contribution in [3.8, 4) is 11.6 Å². The van der Waals surface area contributed by atoms with E-state index in [0.29, 0.717) is 11.6 Å². The number of carboxylic acid groups (broad SMARTS) is 1. The molecular weight excluding hydrogens is 574 g/mol. The van der Waals surface area contributed by atoms with Crippen molar-refractivity contribution in [1.29, 1.82) is 0 Å². The Balaban J connectivity index is 1.97. The van der Waals surface area contributed by atoms with Gasteiger partial charge in [-0.25, -0.2) is 9.78 Å². The van der Waals surface area contributed by atoms with Crippen molar-refractivity contribution in [2.75, 3.05) is 5.32 Å². The third kappa shape index (κ3) is 6.45. The van der Waals surface area contributed by atoms with Gasteiger partial charge in [0.15, 0.2) is 11.5 Å². The highest BCUT2D eigenvalue weighted by Crippen LogP contribution is 2.47. The van der Waals surface area contributed by atoms with E-state index in [1.54, 1.807) is 49.5 Å². The van der Waals surface area contributed by atoms with E-state index < -0.39 is 89.1 Å². The minimum absolute atomic E-state index is 0.00725. The number of hydrogen-bond donors (Lipinski definition) is 2. The van der Waals surface area contributed by atoms with Crippen LogP contribution in [0.3, 0.4) is 0 Å². The van der Waals surface area contributed by atoms with E-state index in [4.69, 9.17) is 9.15 Å². The van der Waals surface area contributed by atoms with Crippen molar-refractivity contribution in [2.45, 2.75) is 57.7 Å². The number of rotatable bonds is 4. The van der Waals surface area contributed by atoms with Gasteiger partial charge in [0, 0.05) is 12.8 Å². The molecule has 0 radical (unpaired) electrons. The van der Waals surface area contributed by atoms with Gasteiger partial charge in [-0.15, -0.1) is 10.2 Å². The number of carbonyl (C=O) groups excluding carboxylic acids is 1. The zero-order chi connectivity index (χ0) is 30.9. The number of fused-ring (bicyclic) bond motifs is 5. The number of benzene rings is 1. The molecule has 1 aliphatic heterocycles. The summed E-state index contributed by atoms with van der Waals surface area (Å²) in [6.45, 7) is 2.58. The van der Waals surface area contributed by atoms with Crippen molar-refractivity contribution in [2.24, 2.45) is 5.41 Å². The third-order valence-corrected chi connectivity index (χ3v) is 6.47. The molecule has 0 saturated heterocycles. The summed E-state index contributed by atoms with van der Waals surface area (Å²) in [5.74, 6) is -3.00. The molecule has 4 bridgehead atoms. The van der Waals surface area contributed by atoms with Gasteiger partial charge in [0.1, 0.15) is 5.69 Å². The van der Waals surface area contributed by atoms with Crippen LogP contribution < -0.4 is 5.32 Å². The lowest BCUT2D eigenvalue weighted by molar-refractivity contribution is -0.295. The van der Waals surface area contributed by atoms with Gasteiger partial charge in [-0.05, 0) is 23.5 Å². The molecule has 1 aliphatic rings. The largest absolute Gasteiger partial charge is 0.465 e. The van der Waals surface area contributed by atoms with Crippen molar-refractivity contribution in [1.82, 2.24) is 15.2 Å². The second-order valence-electron chi connectivity index (χ2n) is 10.4. The summed E-state index contributed by atoms with van der Waals surface area (Å²) < 4.78 is 97.3. The number of allylic oxidation sites excluding steroid dienone is 1. The number of ketones is 1. The number of nitrogens with zero attached hydrogens (tertiary/aromatic N) is 3. The fourth-order valence-corrected chi connectivity index (χ4v) is 4.35. The molecule has 1 amide bonds. The highest BCUT2D eigenvalue weighted by Gasteiger charge is 2.61. The van der Waals surface area contributed by atoms with Crippen molar-refractivity contribution < 1.29 is 50.2 Å². The number of pyridine rings is 1. The monoisotopic (exact) mass is 598 g/mol. The van der Waals surface area contributed by atoms with Gasteiger partial charge >= 0.3 is 18.4 Å². The third-order valence-electron chi connectivity index (χ3n) is 6.47. The lowest BCUT2D eigenvalue weighted by Crippen LogP contribution is -2.45. The molecule has 3 heterocycles. The summed E-state index contributed by atoms with van der Waals surface area (Å²) in [6, 6.07) is 8.27. The summed E-state index contributed by atoms with van der Waals surface area (Å²) >= 11 is 0. The molecule has 9 nitrogen and oxygen atoms in total. The van der Waals surface area contributed by atoms with E-state index >= 15 is 0 Å². The Labute approximate surface area is 234 Å². The second kappa shape index (κ2) is 11.2. The zero-order valence-electron chi connectivity index (χ0n) is 22.1. The molecule has 224 valence electrons. The van der Waals surface area contributed by atoms with Crippen molar-refractivity contribution in [3.05, 3.63) is 71.3 Å². The van der Waals surface area contributed by atoms with Crippen LogP contribution in [-0.2, 0) is 23.1 Å². The second-order valence-corrected chi connectivity index (χ2v) is 10.4. The number of alkyl halides is 6. The fraction of sp³-hybridized carbons (Fsp3) is 0.370. The molecule has 1 atom stereocenters. The molecule has 0 unspecified atom stereocenters. The van der Waals surface area contributed by atoms with Crippen LogP contribution in [0.4, 0.5) is 36.8 Å². The average Bonchev–Trinajstić information content (AvgIpc) is 3.36. The maximum atomic E-state index is 14.8. The normalized spacial score (nSPS) is 19.3. The quantitative estimate of drug-likeness (QED) is 0.239. The van der Waals surface area contributed by atoms with E-state index in [9.17, 15) is 41.0 Å². The highest BCUT2D eigenvalue weighted by molar-refractivity contribution is 5.98. The molecule has 4 rings (SSSR count). The number of amides is 1. The smallest absolute Gasteiger partial charge is 0.426 e. The van der Waals surface area contributed by atoms with E-state index in [0.717, 1.165) is 6.08 Å². The van der Waals surface area contributed by atoms with Crippen LogP contribution in [-0.4, -0.2) is 38.3 Å². The van der Waals surface area contributed by atoms with Crippen molar-refractivity contribution >= 4 is 17.6 Å². The summed E-state index contributed by atoms with van der Waals surface area (Å²) in [4.78, 5) is 28.3. The van der Waals surface area contributed by atoms with Gasteiger partial charge in [0.05, 0.1) is 17.9 Å². The number of carbonyl (C=O) groups is 2. The Morgan fingerprint density at radius 3 is 2.33 bits per heavy atom. The van der Waals surface area contributed by atoms with Crippen LogP contribution in [0.25, 0.3) is 11.6 Å². The van der Waals surface area contributed by atoms with Gasteiger partial charge < -0.3 is 14.3 Å². The number of anilines is 1. The Hall–Kier alpha value is -4.27.